The van der Waals surface area contributed by atoms with Crippen LogP contribution in [0, 0.1) is 10.8 Å². The predicted octanol–water partition coefficient (Wildman–Crippen LogP) is 3.30. The van der Waals surface area contributed by atoms with Crippen molar-refractivity contribution in [1.82, 2.24) is 4.90 Å². The van der Waals surface area contributed by atoms with Gasteiger partial charge in [0.1, 0.15) is 0 Å². The minimum Gasteiger partial charge on any atom is -0.302 e. The van der Waals surface area contributed by atoms with Crippen LogP contribution in [0.2, 0.25) is 0 Å². The quantitative estimate of drug-likeness (QED) is 0.561. The van der Waals surface area contributed by atoms with Crippen molar-refractivity contribution in [2.24, 2.45) is 10.5 Å². The van der Waals surface area contributed by atoms with Gasteiger partial charge in [0, 0.05) is 22.6 Å². The first-order valence-electron chi connectivity index (χ1n) is 5.55. The number of hydrogen-bond donors (Lipinski definition) is 0. The largest absolute Gasteiger partial charge is 0.302 e. The van der Waals surface area contributed by atoms with Crippen LogP contribution in [0.15, 0.2) is 33.7 Å². The van der Waals surface area contributed by atoms with E-state index in [0.717, 1.165) is 29.3 Å². The minimum atomic E-state index is 0.906. The normalized spacial score (nSPS) is 15.4. The van der Waals surface area contributed by atoms with Crippen molar-refractivity contribution >= 4 is 11.9 Å². The second-order valence-corrected chi connectivity index (χ2v) is 5.25. The van der Waals surface area contributed by atoms with E-state index in [1.165, 1.54) is 24.9 Å². The van der Waals surface area contributed by atoms with Crippen LogP contribution in [0.4, 0.5) is 0 Å². The van der Waals surface area contributed by atoms with Crippen LogP contribution in [0.1, 0.15) is 18.4 Å². The fourth-order valence-electron chi connectivity index (χ4n) is 1.82. The zero-order chi connectivity index (χ0) is 11.4. The summed E-state index contributed by atoms with van der Waals surface area (Å²) < 4.78 is 2.80. The van der Waals surface area contributed by atoms with Crippen LogP contribution in [-0.2, 0) is 6.54 Å². The Balaban J connectivity index is 1.85. The zero-order valence-electron chi connectivity index (χ0n) is 9.43. The van der Waals surface area contributed by atoms with Gasteiger partial charge in [-0.15, -0.1) is 4.91 Å². The van der Waals surface area contributed by atoms with Gasteiger partial charge in [-0.3, -0.25) is 0 Å². The molecule has 1 aliphatic rings. The highest BCUT2D eigenvalue weighted by atomic mass is 32.2. The fraction of sp³-hybridized carbons (Fsp3) is 0.500. The summed E-state index contributed by atoms with van der Waals surface area (Å²) in [4.78, 5) is 13.3. The zero-order valence-corrected chi connectivity index (χ0v) is 10.2. The SMILES string of the molecule is CN(Cc1ccc(SN=O)cc1)CC1CC1. The van der Waals surface area contributed by atoms with Crippen LogP contribution in [0.5, 0.6) is 0 Å². The molecule has 1 aliphatic carbocycles. The van der Waals surface area contributed by atoms with Crippen LogP contribution in [0.3, 0.4) is 0 Å². The Morgan fingerprint density at radius 1 is 1.38 bits per heavy atom. The fourth-order valence-corrected chi connectivity index (χ4v) is 2.16. The number of nitrogens with zero attached hydrogens (tertiary/aromatic N) is 2. The maximum Gasteiger partial charge on any atom is 0.0570 e. The summed E-state index contributed by atoms with van der Waals surface area (Å²) in [6, 6.07) is 8.03. The lowest BCUT2D eigenvalue weighted by Gasteiger charge is -2.16. The van der Waals surface area contributed by atoms with Gasteiger partial charge >= 0.3 is 0 Å². The highest BCUT2D eigenvalue weighted by molar-refractivity contribution is 7.98. The van der Waals surface area contributed by atoms with Crippen molar-refractivity contribution in [3.05, 3.63) is 34.7 Å². The van der Waals surface area contributed by atoms with E-state index in [1.54, 1.807) is 0 Å². The lowest BCUT2D eigenvalue weighted by atomic mass is 10.2. The van der Waals surface area contributed by atoms with E-state index in [9.17, 15) is 4.91 Å². The maximum absolute atomic E-state index is 10.1. The lowest BCUT2D eigenvalue weighted by Crippen LogP contribution is -2.20. The molecule has 0 bridgehead atoms. The highest BCUT2D eigenvalue weighted by Gasteiger charge is 2.22. The molecule has 2 rings (SSSR count). The Bertz CT molecular complexity index is 349. The summed E-state index contributed by atoms with van der Waals surface area (Å²) in [5, 5.41) is 0. The van der Waals surface area contributed by atoms with Crippen LogP contribution in [-0.4, -0.2) is 18.5 Å². The van der Waals surface area contributed by atoms with Gasteiger partial charge in [0.15, 0.2) is 0 Å². The van der Waals surface area contributed by atoms with Gasteiger partial charge in [-0.2, -0.15) is 0 Å². The summed E-state index contributed by atoms with van der Waals surface area (Å²) in [5.74, 6) is 0.930. The maximum atomic E-state index is 10.1. The summed E-state index contributed by atoms with van der Waals surface area (Å²) in [5.41, 5.74) is 1.29. The molecule has 0 aliphatic heterocycles. The van der Waals surface area contributed by atoms with Gasteiger partial charge in [0.05, 0.1) is 11.9 Å². The Morgan fingerprint density at radius 3 is 2.62 bits per heavy atom. The third-order valence-electron chi connectivity index (χ3n) is 2.79. The third kappa shape index (κ3) is 3.61. The molecule has 1 saturated carbocycles. The lowest BCUT2D eigenvalue weighted by molar-refractivity contribution is 0.313. The topological polar surface area (TPSA) is 32.7 Å². The summed E-state index contributed by atoms with van der Waals surface area (Å²) in [7, 11) is 2.16. The molecule has 16 heavy (non-hydrogen) atoms. The number of benzene rings is 1. The smallest absolute Gasteiger partial charge is 0.0570 e. The van der Waals surface area contributed by atoms with E-state index in [1.807, 2.05) is 12.1 Å². The van der Waals surface area contributed by atoms with Gasteiger partial charge in [0.25, 0.3) is 0 Å². The molecule has 0 aromatic heterocycles. The molecule has 0 amide bonds. The van der Waals surface area contributed by atoms with Crippen LogP contribution in [0.25, 0.3) is 0 Å². The number of nitroso groups, excluding NO2 is 1. The summed E-state index contributed by atoms with van der Waals surface area (Å²) in [6.45, 7) is 2.18. The van der Waals surface area contributed by atoms with Crippen molar-refractivity contribution < 1.29 is 0 Å². The van der Waals surface area contributed by atoms with Crippen LogP contribution >= 0.6 is 11.9 Å². The second kappa shape index (κ2) is 5.46. The molecule has 1 aromatic carbocycles. The Kier molecular flexibility index (Phi) is 3.96. The summed E-state index contributed by atoms with van der Waals surface area (Å²) in [6.07, 6.45) is 2.79. The Hall–Kier alpha value is -0.870. The molecular formula is C12H16N2OS. The van der Waals surface area contributed by atoms with Gasteiger partial charge in [-0.05, 0) is 43.5 Å². The molecule has 3 nitrogen and oxygen atoms in total. The molecule has 86 valence electrons. The number of hydrogen-bond acceptors (Lipinski definition) is 4. The number of rotatable bonds is 6. The highest BCUT2D eigenvalue weighted by Crippen LogP contribution is 2.29. The molecular weight excluding hydrogens is 220 g/mol. The third-order valence-corrected chi connectivity index (χ3v) is 3.34. The van der Waals surface area contributed by atoms with Crippen molar-refractivity contribution in [3.8, 4) is 0 Å². The summed E-state index contributed by atoms with van der Waals surface area (Å²) >= 11 is 0.979. The van der Waals surface area contributed by atoms with Gasteiger partial charge in [-0.25, -0.2) is 0 Å². The Morgan fingerprint density at radius 2 is 2.06 bits per heavy atom. The average Bonchev–Trinajstić information content (AvgIpc) is 3.05. The van der Waals surface area contributed by atoms with Crippen LogP contribution < -0.4 is 0 Å². The molecule has 0 N–H and O–H groups in total. The molecule has 1 fully saturated rings. The van der Waals surface area contributed by atoms with E-state index >= 15 is 0 Å². The molecule has 0 saturated heterocycles. The van der Waals surface area contributed by atoms with E-state index in [-0.39, 0.29) is 0 Å². The van der Waals surface area contributed by atoms with Gasteiger partial charge in [0.2, 0.25) is 0 Å². The Labute approximate surface area is 100 Å². The first kappa shape index (κ1) is 11.6. The molecule has 0 heterocycles. The predicted molar refractivity (Wildman–Crippen MR) is 67.2 cm³/mol. The van der Waals surface area contributed by atoms with Gasteiger partial charge in [-0.1, -0.05) is 12.1 Å². The molecule has 1 aromatic rings. The minimum absolute atomic E-state index is 0.906. The molecule has 0 atom stereocenters. The molecule has 0 spiro atoms. The van der Waals surface area contributed by atoms with E-state index in [4.69, 9.17) is 0 Å². The average molecular weight is 236 g/mol. The first-order chi connectivity index (χ1) is 7.78. The van der Waals surface area contributed by atoms with Crippen molar-refractivity contribution in [1.29, 1.82) is 0 Å². The first-order valence-corrected chi connectivity index (χ1v) is 6.32. The molecule has 4 heteroatoms. The standard InChI is InChI=1S/C12H16N2OS/c1-14(8-10-2-3-10)9-11-4-6-12(7-5-11)16-13-15/h4-7,10H,2-3,8-9H2,1H3. The van der Waals surface area contributed by atoms with E-state index in [2.05, 4.69) is 28.7 Å². The van der Waals surface area contributed by atoms with Crippen molar-refractivity contribution in [3.63, 3.8) is 0 Å². The van der Waals surface area contributed by atoms with Crippen molar-refractivity contribution in [2.45, 2.75) is 24.3 Å². The monoisotopic (exact) mass is 236 g/mol. The molecule has 0 radical (unpaired) electrons. The van der Waals surface area contributed by atoms with Crippen molar-refractivity contribution in [2.75, 3.05) is 13.6 Å². The van der Waals surface area contributed by atoms with E-state index < -0.39 is 0 Å². The second-order valence-electron chi connectivity index (χ2n) is 4.45. The molecule has 0 unspecified atom stereocenters. The van der Waals surface area contributed by atoms with Gasteiger partial charge < -0.3 is 4.90 Å². The van der Waals surface area contributed by atoms with E-state index in [0.29, 0.717) is 0 Å².